The minimum absolute atomic E-state index is 0.173. The number of rotatable bonds is 4. The molecule has 5 rings (SSSR count). The fourth-order valence-electron chi connectivity index (χ4n) is 4.91. The third kappa shape index (κ3) is 2.14. The van der Waals surface area contributed by atoms with Gasteiger partial charge in [0.25, 0.3) is 5.91 Å². The maximum atomic E-state index is 13.9. The van der Waals surface area contributed by atoms with Gasteiger partial charge in [-0.05, 0) is 23.6 Å². The largest absolute Gasteiger partial charge is 0.441 e. The number of esters is 1. The van der Waals surface area contributed by atoms with Crippen LogP contribution in [-0.2, 0) is 31.9 Å². The second-order valence-corrected chi connectivity index (χ2v) is 7.59. The summed E-state index contributed by atoms with van der Waals surface area (Å²) in [6.45, 7) is 2.38. The molecule has 1 spiro atoms. The van der Waals surface area contributed by atoms with Gasteiger partial charge in [-0.15, -0.1) is 0 Å². The lowest BCUT2D eigenvalue weighted by molar-refractivity contribution is -0.223. The average molecular weight is 383 g/mol. The highest BCUT2D eigenvalue weighted by molar-refractivity contribution is 6.16. The van der Waals surface area contributed by atoms with E-state index in [2.05, 4.69) is 0 Å². The molecule has 1 amide bonds. The molecule has 0 unspecified atom stereocenters. The van der Waals surface area contributed by atoms with Crippen LogP contribution in [0.2, 0.25) is 0 Å². The number of anilines is 1. The number of nitrogens with zero attached hydrogens (tertiary/aromatic N) is 1. The first-order valence-electron chi connectivity index (χ1n) is 9.89. The van der Waals surface area contributed by atoms with Crippen LogP contribution in [0.5, 0.6) is 0 Å². The van der Waals surface area contributed by atoms with Crippen molar-refractivity contribution < 1.29 is 14.3 Å². The van der Waals surface area contributed by atoms with Crippen LogP contribution in [0.25, 0.3) is 0 Å². The van der Waals surface area contributed by atoms with Gasteiger partial charge in [-0.1, -0.05) is 85.8 Å². The molecule has 0 aromatic heterocycles. The van der Waals surface area contributed by atoms with Crippen LogP contribution in [0.1, 0.15) is 30.0 Å². The van der Waals surface area contributed by atoms with Crippen molar-refractivity contribution in [3.8, 4) is 0 Å². The number of carbonyl (C=O) groups is 2. The van der Waals surface area contributed by atoms with Gasteiger partial charge in [0.05, 0.1) is 12.2 Å². The van der Waals surface area contributed by atoms with E-state index in [0.717, 1.165) is 22.4 Å². The lowest BCUT2D eigenvalue weighted by Gasteiger charge is -2.53. The van der Waals surface area contributed by atoms with E-state index in [4.69, 9.17) is 4.74 Å². The molecule has 144 valence electrons. The van der Waals surface area contributed by atoms with Crippen LogP contribution in [-0.4, -0.2) is 11.9 Å². The molecule has 4 nitrogen and oxygen atoms in total. The Morgan fingerprint density at radius 3 is 2.10 bits per heavy atom. The Hall–Kier alpha value is -3.40. The first-order chi connectivity index (χ1) is 14.1. The predicted octanol–water partition coefficient (Wildman–Crippen LogP) is 4.33. The molecule has 1 saturated heterocycles. The number of benzene rings is 3. The van der Waals surface area contributed by atoms with Crippen molar-refractivity contribution in [2.45, 2.75) is 30.9 Å². The van der Waals surface area contributed by atoms with Gasteiger partial charge in [-0.2, -0.15) is 0 Å². The predicted molar refractivity (Wildman–Crippen MR) is 110 cm³/mol. The number of amides is 1. The van der Waals surface area contributed by atoms with Gasteiger partial charge in [0.15, 0.2) is 0 Å². The van der Waals surface area contributed by atoms with E-state index in [1.807, 2.05) is 91.9 Å². The van der Waals surface area contributed by atoms with Crippen LogP contribution in [0.15, 0.2) is 84.9 Å². The summed E-state index contributed by atoms with van der Waals surface area (Å²) >= 11 is 0. The normalized spacial score (nSPS) is 24.9. The van der Waals surface area contributed by atoms with Gasteiger partial charge >= 0.3 is 5.97 Å². The number of ether oxygens (including phenoxy) is 1. The van der Waals surface area contributed by atoms with Crippen molar-refractivity contribution in [1.29, 1.82) is 0 Å². The molecule has 3 aromatic carbocycles. The number of carbonyl (C=O) groups excluding carboxylic acids is 2. The molecular weight excluding hydrogens is 362 g/mol. The minimum atomic E-state index is -1.31. The maximum Gasteiger partial charge on any atom is 0.323 e. The Bertz CT molecular complexity index is 1100. The monoisotopic (exact) mass is 383 g/mol. The number of hydrogen-bond donors (Lipinski definition) is 0. The SMILES string of the molecule is CC[C@@]1(c2ccccc2)C(=O)O[C@]12C(=O)N(Cc1ccccc1)c1ccccc12. The lowest BCUT2D eigenvalue weighted by Crippen LogP contribution is -2.70. The van der Waals surface area contributed by atoms with Crippen molar-refractivity contribution in [2.75, 3.05) is 4.90 Å². The molecule has 0 radical (unpaired) electrons. The second-order valence-electron chi connectivity index (χ2n) is 7.59. The third-order valence-corrected chi connectivity index (χ3v) is 6.30. The number of para-hydroxylation sites is 1. The van der Waals surface area contributed by atoms with Crippen molar-refractivity contribution in [1.82, 2.24) is 0 Å². The topological polar surface area (TPSA) is 46.6 Å². The molecule has 1 fully saturated rings. The first-order valence-corrected chi connectivity index (χ1v) is 9.89. The van der Waals surface area contributed by atoms with Crippen molar-refractivity contribution in [2.24, 2.45) is 0 Å². The summed E-state index contributed by atoms with van der Waals surface area (Å²) < 4.78 is 5.83. The first kappa shape index (κ1) is 17.7. The van der Waals surface area contributed by atoms with Crippen molar-refractivity contribution in [3.63, 3.8) is 0 Å². The summed E-state index contributed by atoms with van der Waals surface area (Å²) in [6, 6.07) is 27.1. The molecule has 2 atom stereocenters. The number of fused-ring (bicyclic) bond motifs is 2. The maximum absolute atomic E-state index is 13.9. The summed E-state index contributed by atoms with van der Waals surface area (Å²) in [5.41, 5.74) is 1.09. The van der Waals surface area contributed by atoms with Gasteiger partial charge in [-0.25, -0.2) is 0 Å². The van der Waals surface area contributed by atoms with E-state index in [-0.39, 0.29) is 11.9 Å². The van der Waals surface area contributed by atoms with Gasteiger partial charge in [0, 0.05) is 5.56 Å². The molecule has 0 bridgehead atoms. The standard InChI is InChI=1S/C25H21NO3/c1-2-24(19-13-7-4-8-14-19)23(28)29-25(24)20-15-9-10-16-21(20)26(22(25)27)17-18-11-5-3-6-12-18/h3-16H,2,17H2,1H3/t24-,25-/m1/s1. The molecule has 0 N–H and O–H groups in total. The van der Waals surface area contributed by atoms with Crippen LogP contribution >= 0.6 is 0 Å². The molecule has 2 aliphatic heterocycles. The molecule has 29 heavy (non-hydrogen) atoms. The van der Waals surface area contributed by atoms with E-state index in [9.17, 15) is 9.59 Å². The minimum Gasteiger partial charge on any atom is -0.441 e. The molecular formula is C25H21NO3. The van der Waals surface area contributed by atoms with Crippen LogP contribution < -0.4 is 4.90 Å². The fourth-order valence-corrected chi connectivity index (χ4v) is 4.91. The van der Waals surface area contributed by atoms with Crippen LogP contribution in [0, 0.1) is 0 Å². The van der Waals surface area contributed by atoms with Crippen molar-refractivity contribution in [3.05, 3.63) is 102 Å². The van der Waals surface area contributed by atoms with Crippen molar-refractivity contribution >= 4 is 17.6 Å². The van der Waals surface area contributed by atoms with Gasteiger partial charge in [0.1, 0.15) is 5.41 Å². The van der Waals surface area contributed by atoms with E-state index in [1.54, 1.807) is 4.90 Å². The average Bonchev–Trinajstić information content (AvgIpc) is 3.01. The Kier molecular flexibility index (Phi) is 3.85. The van der Waals surface area contributed by atoms with E-state index in [0.29, 0.717) is 13.0 Å². The quantitative estimate of drug-likeness (QED) is 0.630. The summed E-state index contributed by atoms with van der Waals surface area (Å²) in [5, 5.41) is 0. The van der Waals surface area contributed by atoms with Gasteiger partial charge in [0.2, 0.25) is 5.60 Å². The van der Waals surface area contributed by atoms with Gasteiger partial charge in [-0.3, -0.25) is 9.59 Å². The summed E-state index contributed by atoms with van der Waals surface area (Å²) in [7, 11) is 0. The summed E-state index contributed by atoms with van der Waals surface area (Å²) in [4.78, 5) is 28.6. The highest BCUT2D eigenvalue weighted by atomic mass is 16.6. The third-order valence-electron chi connectivity index (χ3n) is 6.30. The molecule has 3 aromatic rings. The lowest BCUT2D eigenvalue weighted by atomic mass is 9.59. The fraction of sp³-hybridized carbons (Fsp3) is 0.200. The Balaban J connectivity index is 1.69. The van der Waals surface area contributed by atoms with Crippen LogP contribution in [0.4, 0.5) is 5.69 Å². The molecule has 4 heteroatoms. The summed E-state index contributed by atoms with van der Waals surface area (Å²) in [5.74, 6) is -0.510. The van der Waals surface area contributed by atoms with Gasteiger partial charge < -0.3 is 9.64 Å². The zero-order valence-electron chi connectivity index (χ0n) is 16.2. The zero-order chi connectivity index (χ0) is 20.1. The van der Waals surface area contributed by atoms with E-state index in [1.165, 1.54) is 0 Å². The highest BCUT2D eigenvalue weighted by Crippen LogP contribution is 2.62. The molecule has 0 aliphatic carbocycles. The smallest absolute Gasteiger partial charge is 0.323 e. The number of hydrogen-bond acceptors (Lipinski definition) is 3. The summed E-state index contributed by atoms with van der Waals surface area (Å²) in [6.07, 6.45) is 0.481. The van der Waals surface area contributed by atoms with E-state index >= 15 is 0 Å². The Labute approximate surface area is 169 Å². The molecule has 0 saturated carbocycles. The van der Waals surface area contributed by atoms with E-state index < -0.39 is 11.0 Å². The second kappa shape index (κ2) is 6.31. The highest BCUT2D eigenvalue weighted by Gasteiger charge is 2.77. The molecule has 2 heterocycles. The molecule has 2 aliphatic rings. The van der Waals surface area contributed by atoms with Crippen LogP contribution in [0.3, 0.4) is 0 Å². The Morgan fingerprint density at radius 2 is 1.45 bits per heavy atom. The Morgan fingerprint density at radius 1 is 0.828 bits per heavy atom. The zero-order valence-corrected chi connectivity index (χ0v) is 16.2.